The molecule has 2 atom stereocenters. The summed E-state index contributed by atoms with van der Waals surface area (Å²) in [7, 11) is 0. The number of halogens is 1. The summed E-state index contributed by atoms with van der Waals surface area (Å²) < 4.78 is 12.9. The maximum absolute atomic E-state index is 12.9. The third-order valence-electron chi connectivity index (χ3n) is 4.36. The molecule has 1 aliphatic carbocycles. The highest BCUT2D eigenvalue weighted by Gasteiger charge is 2.43. The number of fused-ring (bicyclic) bond motifs is 1. The van der Waals surface area contributed by atoms with Crippen LogP contribution < -0.4 is 10.9 Å². The zero-order chi connectivity index (χ0) is 17.6. The summed E-state index contributed by atoms with van der Waals surface area (Å²) in [6, 6.07) is 5.16. The van der Waals surface area contributed by atoms with Crippen molar-refractivity contribution in [3.05, 3.63) is 52.7 Å². The Hall–Kier alpha value is -3.09. The number of anilines is 1. The van der Waals surface area contributed by atoms with E-state index in [4.69, 9.17) is 0 Å². The van der Waals surface area contributed by atoms with Crippen LogP contribution in [0.25, 0.3) is 22.0 Å². The zero-order valence-electron chi connectivity index (χ0n) is 13.4. The van der Waals surface area contributed by atoms with Gasteiger partial charge in [0.1, 0.15) is 12.0 Å². The van der Waals surface area contributed by atoms with Crippen LogP contribution in [0.5, 0.6) is 0 Å². The van der Waals surface area contributed by atoms with Crippen LogP contribution in [0.3, 0.4) is 0 Å². The number of alkyl halides is 1. The smallest absolute Gasteiger partial charge is 0.256 e. The minimum absolute atomic E-state index is 0.252. The number of pyridine rings is 3. The first-order valence-corrected chi connectivity index (χ1v) is 7.92. The number of rotatable bonds is 3. The second kappa shape index (κ2) is 5.77. The van der Waals surface area contributed by atoms with E-state index in [9.17, 15) is 14.0 Å². The number of nitrogens with zero attached hydrogens (tertiary/aromatic N) is 2. The number of H-pyrrole nitrogens is 1. The average molecular weight is 338 g/mol. The number of aromatic nitrogens is 3. The maximum Gasteiger partial charge on any atom is 0.256 e. The van der Waals surface area contributed by atoms with Gasteiger partial charge in [-0.15, -0.1) is 0 Å². The topological polar surface area (TPSA) is 87.7 Å². The molecule has 126 valence electrons. The first-order chi connectivity index (χ1) is 12.0. The van der Waals surface area contributed by atoms with E-state index < -0.39 is 12.1 Å². The van der Waals surface area contributed by atoms with Crippen molar-refractivity contribution < 1.29 is 9.18 Å². The maximum atomic E-state index is 12.9. The van der Waals surface area contributed by atoms with Crippen molar-refractivity contribution in [2.45, 2.75) is 19.5 Å². The van der Waals surface area contributed by atoms with Gasteiger partial charge in [0.15, 0.2) is 0 Å². The highest BCUT2D eigenvalue weighted by Crippen LogP contribution is 2.34. The SMILES string of the molecule is Cc1ccncc1-c1cc2cnc(NC(=O)[C@@H]3C[C@H]3F)cc2[nH]c1=O. The summed E-state index contributed by atoms with van der Waals surface area (Å²) in [6.45, 7) is 1.91. The molecule has 0 aromatic carbocycles. The first kappa shape index (κ1) is 15.4. The standard InChI is InChI=1S/C18H15FN4O2/c1-9-2-3-20-8-13(9)11-4-10-7-21-16(6-15(10)22-17(11)24)23-18(25)12-5-14(12)19/h2-4,6-8,12,14H,5H2,1H3,(H,22,24)(H,21,23,25)/t12-,14-/m1/s1. The second-order valence-corrected chi connectivity index (χ2v) is 6.21. The lowest BCUT2D eigenvalue weighted by Crippen LogP contribution is -2.16. The molecular formula is C18H15FN4O2. The summed E-state index contributed by atoms with van der Waals surface area (Å²) in [4.78, 5) is 35.3. The summed E-state index contributed by atoms with van der Waals surface area (Å²) in [6.07, 6.45) is 4.08. The van der Waals surface area contributed by atoms with Gasteiger partial charge in [0.25, 0.3) is 5.56 Å². The van der Waals surface area contributed by atoms with Crippen molar-refractivity contribution in [3.63, 3.8) is 0 Å². The van der Waals surface area contributed by atoms with Gasteiger partial charge >= 0.3 is 0 Å². The Morgan fingerprint density at radius 2 is 2.12 bits per heavy atom. The monoisotopic (exact) mass is 338 g/mol. The summed E-state index contributed by atoms with van der Waals surface area (Å²) >= 11 is 0. The Bertz CT molecular complexity index is 1050. The molecule has 2 N–H and O–H groups in total. The molecule has 1 fully saturated rings. The number of amides is 1. The lowest BCUT2D eigenvalue weighted by atomic mass is 10.0. The van der Waals surface area contributed by atoms with Crippen LogP contribution in [0.15, 0.2) is 41.6 Å². The number of carbonyl (C=O) groups excluding carboxylic acids is 1. The van der Waals surface area contributed by atoms with Gasteiger partial charge in [-0.25, -0.2) is 9.37 Å². The van der Waals surface area contributed by atoms with E-state index in [0.29, 0.717) is 11.1 Å². The van der Waals surface area contributed by atoms with Gasteiger partial charge in [-0.1, -0.05) is 0 Å². The molecule has 3 heterocycles. The molecule has 7 heteroatoms. The van der Waals surface area contributed by atoms with E-state index in [2.05, 4.69) is 20.3 Å². The number of aryl methyl sites for hydroxylation is 1. The fourth-order valence-corrected chi connectivity index (χ4v) is 2.77. The van der Waals surface area contributed by atoms with Gasteiger partial charge in [-0.05, 0) is 31.0 Å². The third-order valence-corrected chi connectivity index (χ3v) is 4.36. The largest absolute Gasteiger partial charge is 0.321 e. The Balaban J connectivity index is 1.71. The number of aromatic amines is 1. The molecule has 0 bridgehead atoms. The molecule has 0 aliphatic heterocycles. The quantitative estimate of drug-likeness (QED) is 0.768. The van der Waals surface area contributed by atoms with Crippen molar-refractivity contribution in [3.8, 4) is 11.1 Å². The predicted molar refractivity (Wildman–Crippen MR) is 92.0 cm³/mol. The first-order valence-electron chi connectivity index (χ1n) is 7.92. The Morgan fingerprint density at radius 1 is 1.32 bits per heavy atom. The second-order valence-electron chi connectivity index (χ2n) is 6.21. The molecule has 0 radical (unpaired) electrons. The van der Waals surface area contributed by atoms with Gasteiger partial charge in [0.05, 0.1) is 11.4 Å². The molecule has 0 unspecified atom stereocenters. The van der Waals surface area contributed by atoms with Gasteiger partial charge in [0, 0.05) is 41.2 Å². The molecule has 3 aromatic heterocycles. The van der Waals surface area contributed by atoms with Crippen LogP contribution in [-0.2, 0) is 4.79 Å². The van der Waals surface area contributed by atoms with Crippen molar-refractivity contribution in [1.29, 1.82) is 0 Å². The van der Waals surface area contributed by atoms with Crippen LogP contribution in [0.4, 0.5) is 10.2 Å². The minimum atomic E-state index is -1.06. The fraction of sp³-hybridized carbons (Fsp3) is 0.222. The van der Waals surface area contributed by atoms with Crippen LogP contribution >= 0.6 is 0 Å². The molecular weight excluding hydrogens is 323 g/mol. The minimum Gasteiger partial charge on any atom is -0.321 e. The van der Waals surface area contributed by atoms with E-state index in [-0.39, 0.29) is 23.7 Å². The van der Waals surface area contributed by atoms with Crippen LogP contribution in [-0.4, -0.2) is 27.0 Å². The molecule has 1 saturated carbocycles. The van der Waals surface area contributed by atoms with E-state index >= 15 is 0 Å². The van der Waals surface area contributed by atoms with Crippen LogP contribution in [0.2, 0.25) is 0 Å². The van der Waals surface area contributed by atoms with Gasteiger partial charge in [-0.2, -0.15) is 0 Å². The average Bonchev–Trinajstić information content (AvgIpc) is 3.32. The normalized spacial score (nSPS) is 19.0. The Morgan fingerprint density at radius 3 is 2.84 bits per heavy atom. The molecule has 1 amide bonds. The molecule has 4 rings (SSSR count). The number of hydrogen-bond donors (Lipinski definition) is 2. The van der Waals surface area contributed by atoms with E-state index in [1.165, 1.54) is 0 Å². The van der Waals surface area contributed by atoms with Crippen molar-refractivity contribution in [1.82, 2.24) is 15.0 Å². The zero-order valence-corrected chi connectivity index (χ0v) is 13.4. The number of carbonyl (C=O) groups is 1. The van der Waals surface area contributed by atoms with Crippen LogP contribution in [0.1, 0.15) is 12.0 Å². The summed E-state index contributed by atoms with van der Waals surface area (Å²) in [5.74, 6) is -0.686. The van der Waals surface area contributed by atoms with Crippen molar-refractivity contribution in [2.24, 2.45) is 5.92 Å². The van der Waals surface area contributed by atoms with Crippen LogP contribution in [0, 0.1) is 12.8 Å². The van der Waals surface area contributed by atoms with E-state index in [0.717, 1.165) is 16.5 Å². The van der Waals surface area contributed by atoms with Crippen molar-refractivity contribution in [2.75, 3.05) is 5.32 Å². The Labute approximate surface area is 142 Å². The van der Waals surface area contributed by atoms with Gasteiger partial charge < -0.3 is 10.3 Å². The summed E-state index contributed by atoms with van der Waals surface area (Å²) in [5.41, 5.74) is 2.51. The lowest BCUT2D eigenvalue weighted by Gasteiger charge is -2.08. The molecule has 6 nitrogen and oxygen atoms in total. The number of hydrogen-bond acceptors (Lipinski definition) is 4. The van der Waals surface area contributed by atoms with Gasteiger partial charge in [0.2, 0.25) is 5.91 Å². The number of nitrogens with one attached hydrogen (secondary N) is 2. The molecule has 25 heavy (non-hydrogen) atoms. The van der Waals surface area contributed by atoms with E-state index in [1.807, 2.05) is 13.0 Å². The van der Waals surface area contributed by atoms with E-state index in [1.54, 1.807) is 30.7 Å². The Kier molecular flexibility index (Phi) is 3.56. The molecule has 0 spiro atoms. The molecule has 0 saturated heterocycles. The highest BCUT2D eigenvalue weighted by molar-refractivity contribution is 5.95. The van der Waals surface area contributed by atoms with Gasteiger partial charge in [-0.3, -0.25) is 14.6 Å². The molecule has 3 aromatic rings. The fourth-order valence-electron chi connectivity index (χ4n) is 2.77. The highest BCUT2D eigenvalue weighted by atomic mass is 19.1. The third kappa shape index (κ3) is 2.88. The lowest BCUT2D eigenvalue weighted by molar-refractivity contribution is -0.117. The molecule has 1 aliphatic rings. The van der Waals surface area contributed by atoms with Crippen molar-refractivity contribution >= 4 is 22.6 Å². The summed E-state index contributed by atoms with van der Waals surface area (Å²) in [5, 5.41) is 3.31. The predicted octanol–water partition coefficient (Wildman–Crippen LogP) is 2.59.